The molecular formula is C17H28F3N3O2. The highest BCUT2D eigenvalue weighted by molar-refractivity contribution is 6.08. The van der Waals surface area contributed by atoms with Crippen LogP contribution in [-0.4, -0.2) is 59.3 Å². The monoisotopic (exact) mass is 363 g/mol. The van der Waals surface area contributed by atoms with Gasteiger partial charge < -0.3 is 9.80 Å². The number of carbonyl (C=O) groups is 2. The van der Waals surface area contributed by atoms with E-state index in [1.54, 1.807) is 11.9 Å². The minimum Gasteiger partial charge on any atom is -0.342 e. The number of likely N-dealkylation sites (tertiary alicyclic amines) is 1. The molecule has 0 aromatic carbocycles. The van der Waals surface area contributed by atoms with Crippen LogP contribution < -0.4 is 0 Å². The maximum Gasteiger partial charge on any atom is 0.397 e. The van der Waals surface area contributed by atoms with Crippen LogP contribution >= 0.6 is 0 Å². The molecule has 1 spiro atoms. The zero-order chi connectivity index (χ0) is 19.3. The third-order valence-corrected chi connectivity index (χ3v) is 4.48. The van der Waals surface area contributed by atoms with Gasteiger partial charge in [0.2, 0.25) is 5.91 Å². The molecule has 0 unspecified atom stereocenters. The molecule has 1 fully saturated rings. The van der Waals surface area contributed by atoms with Crippen molar-refractivity contribution in [1.82, 2.24) is 9.80 Å². The molecule has 8 heteroatoms. The molecular weight excluding hydrogens is 335 g/mol. The van der Waals surface area contributed by atoms with E-state index in [0.29, 0.717) is 0 Å². The quantitative estimate of drug-likeness (QED) is 0.769. The van der Waals surface area contributed by atoms with Crippen LogP contribution in [-0.2, 0) is 9.59 Å². The predicted octanol–water partition coefficient (Wildman–Crippen LogP) is 3.39. The maximum absolute atomic E-state index is 12.5. The summed E-state index contributed by atoms with van der Waals surface area (Å²) in [6.45, 7) is 6.33. The Morgan fingerprint density at radius 1 is 1.24 bits per heavy atom. The van der Waals surface area contributed by atoms with Gasteiger partial charge in [0.1, 0.15) is 17.8 Å². The first-order valence-corrected chi connectivity index (χ1v) is 8.90. The van der Waals surface area contributed by atoms with Gasteiger partial charge in [-0.2, -0.15) is 13.2 Å². The number of hydrogen-bond acceptors (Lipinski definition) is 3. The topological polar surface area (TPSA) is 53.0 Å². The highest BCUT2D eigenvalue weighted by atomic mass is 19.4. The number of nitrogens with zero attached hydrogens (tertiary/aromatic N) is 3. The second kappa shape index (κ2) is 8.67. The van der Waals surface area contributed by atoms with Crippen molar-refractivity contribution in [1.29, 1.82) is 0 Å². The van der Waals surface area contributed by atoms with Crippen molar-refractivity contribution < 1.29 is 22.8 Å². The smallest absolute Gasteiger partial charge is 0.342 e. The van der Waals surface area contributed by atoms with Crippen molar-refractivity contribution in [2.24, 2.45) is 4.99 Å². The Morgan fingerprint density at radius 2 is 1.80 bits per heavy atom. The molecule has 0 bridgehead atoms. The summed E-state index contributed by atoms with van der Waals surface area (Å²) in [6.07, 6.45) is -2.72. The van der Waals surface area contributed by atoms with E-state index in [0.717, 1.165) is 25.1 Å². The van der Waals surface area contributed by atoms with E-state index >= 15 is 0 Å². The summed E-state index contributed by atoms with van der Waals surface area (Å²) in [4.78, 5) is 31.5. The highest BCUT2D eigenvalue weighted by Gasteiger charge is 2.49. The Kier molecular flexibility index (Phi) is 7.44. The average Bonchev–Trinajstić information content (AvgIpc) is 2.79. The van der Waals surface area contributed by atoms with Crippen LogP contribution in [0.25, 0.3) is 0 Å². The summed E-state index contributed by atoms with van der Waals surface area (Å²) in [5.41, 5.74) is -0.882. The molecule has 0 atom stereocenters. The molecule has 0 aromatic rings. The fraction of sp³-hybridized carbons (Fsp3) is 0.824. The molecule has 0 N–H and O–H groups in total. The molecule has 144 valence electrons. The molecule has 1 saturated heterocycles. The SMILES string of the molecule is CC.CCCCC1=NC2(CCN(C(=O)CC(F)(F)F)CC2)C(=O)N1C. The molecule has 2 heterocycles. The van der Waals surface area contributed by atoms with Gasteiger partial charge in [0.25, 0.3) is 5.91 Å². The van der Waals surface area contributed by atoms with Crippen molar-refractivity contribution in [2.75, 3.05) is 20.1 Å². The van der Waals surface area contributed by atoms with Gasteiger partial charge in [0.05, 0.1) is 0 Å². The third-order valence-electron chi connectivity index (χ3n) is 4.48. The number of unbranched alkanes of at least 4 members (excludes halogenated alkanes) is 1. The van der Waals surface area contributed by atoms with E-state index in [1.165, 1.54) is 4.90 Å². The van der Waals surface area contributed by atoms with E-state index in [2.05, 4.69) is 11.9 Å². The van der Waals surface area contributed by atoms with Crippen LogP contribution in [0.1, 0.15) is 59.3 Å². The normalized spacial score (nSPS) is 19.6. The largest absolute Gasteiger partial charge is 0.397 e. The van der Waals surface area contributed by atoms with E-state index in [-0.39, 0.29) is 31.8 Å². The van der Waals surface area contributed by atoms with E-state index in [4.69, 9.17) is 0 Å². The summed E-state index contributed by atoms with van der Waals surface area (Å²) in [5, 5.41) is 0. The first-order chi connectivity index (χ1) is 11.7. The maximum atomic E-state index is 12.5. The molecule has 2 amide bonds. The second-order valence-electron chi connectivity index (χ2n) is 6.20. The fourth-order valence-electron chi connectivity index (χ4n) is 3.09. The number of rotatable bonds is 4. The van der Waals surface area contributed by atoms with Gasteiger partial charge in [0.15, 0.2) is 0 Å². The van der Waals surface area contributed by atoms with Crippen molar-refractivity contribution in [2.45, 2.75) is 71.0 Å². The standard InChI is InChI=1S/C15H22F3N3O2.C2H6/c1-3-4-5-11-19-14(13(23)20(11)2)6-8-21(9-7-14)12(22)10-15(16,17)18;1-2/h3-10H2,1-2H3;1-2H3. The van der Waals surface area contributed by atoms with Crippen LogP contribution in [0.5, 0.6) is 0 Å². The number of piperidine rings is 1. The third kappa shape index (κ3) is 5.19. The predicted molar refractivity (Wildman–Crippen MR) is 90.3 cm³/mol. The average molecular weight is 363 g/mol. The lowest BCUT2D eigenvalue weighted by atomic mass is 9.87. The minimum atomic E-state index is -4.50. The number of hydrogen-bond donors (Lipinski definition) is 0. The van der Waals surface area contributed by atoms with Gasteiger partial charge in [-0.1, -0.05) is 27.2 Å². The van der Waals surface area contributed by atoms with Crippen molar-refractivity contribution >= 4 is 17.6 Å². The molecule has 0 aromatic heterocycles. The molecule has 25 heavy (non-hydrogen) atoms. The van der Waals surface area contributed by atoms with Gasteiger partial charge in [-0.25, -0.2) is 0 Å². The number of amides is 2. The van der Waals surface area contributed by atoms with Crippen molar-refractivity contribution in [3.63, 3.8) is 0 Å². The Hall–Kier alpha value is -1.60. The lowest BCUT2D eigenvalue weighted by Crippen LogP contribution is -2.51. The minimum absolute atomic E-state index is 0.105. The van der Waals surface area contributed by atoms with Crippen molar-refractivity contribution in [3.8, 4) is 0 Å². The fourth-order valence-corrected chi connectivity index (χ4v) is 3.09. The van der Waals surface area contributed by atoms with Crippen LogP contribution in [0.3, 0.4) is 0 Å². The molecule has 0 radical (unpaired) electrons. The summed E-state index contributed by atoms with van der Waals surface area (Å²) in [7, 11) is 1.69. The van der Waals surface area contributed by atoms with Crippen LogP contribution in [0.2, 0.25) is 0 Å². The number of halogens is 3. The Bertz CT molecular complexity index is 510. The Morgan fingerprint density at radius 3 is 2.28 bits per heavy atom. The molecule has 5 nitrogen and oxygen atoms in total. The zero-order valence-corrected chi connectivity index (χ0v) is 15.4. The molecule has 2 aliphatic rings. The first-order valence-electron chi connectivity index (χ1n) is 8.90. The van der Waals surface area contributed by atoms with Crippen LogP contribution in [0.4, 0.5) is 13.2 Å². The van der Waals surface area contributed by atoms with Crippen LogP contribution in [0, 0.1) is 0 Å². The lowest BCUT2D eigenvalue weighted by Gasteiger charge is -2.36. The van der Waals surface area contributed by atoms with Gasteiger partial charge in [-0.05, 0) is 19.3 Å². The van der Waals surface area contributed by atoms with Gasteiger partial charge in [0, 0.05) is 26.6 Å². The lowest BCUT2D eigenvalue weighted by molar-refractivity contribution is -0.163. The van der Waals surface area contributed by atoms with E-state index < -0.39 is 24.0 Å². The van der Waals surface area contributed by atoms with E-state index in [1.807, 2.05) is 13.8 Å². The van der Waals surface area contributed by atoms with Gasteiger partial charge in [-0.3, -0.25) is 14.6 Å². The number of aliphatic imine (C=N–C) groups is 1. The van der Waals surface area contributed by atoms with Crippen molar-refractivity contribution in [3.05, 3.63) is 0 Å². The summed E-state index contributed by atoms with van der Waals surface area (Å²) in [5.74, 6) is -0.292. The van der Waals surface area contributed by atoms with Gasteiger partial charge >= 0.3 is 6.18 Å². The first kappa shape index (κ1) is 21.4. The molecule has 0 saturated carbocycles. The number of amidine groups is 1. The summed E-state index contributed by atoms with van der Waals surface area (Å²) in [6, 6.07) is 0. The highest BCUT2D eigenvalue weighted by Crippen LogP contribution is 2.34. The number of likely N-dealkylation sites (N-methyl/N-ethyl adjacent to an activating group) is 1. The van der Waals surface area contributed by atoms with E-state index in [9.17, 15) is 22.8 Å². The zero-order valence-electron chi connectivity index (χ0n) is 15.4. The Labute approximate surface area is 147 Å². The van der Waals surface area contributed by atoms with Crippen LogP contribution in [0.15, 0.2) is 4.99 Å². The molecule has 0 aliphatic carbocycles. The number of alkyl halides is 3. The molecule has 2 aliphatic heterocycles. The van der Waals surface area contributed by atoms with Gasteiger partial charge in [-0.15, -0.1) is 0 Å². The summed E-state index contributed by atoms with van der Waals surface area (Å²) < 4.78 is 36.9. The molecule has 2 rings (SSSR count). The second-order valence-corrected chi connectivity index (χ2v) is 6.20. The summed E-state index contributed by atoms with van der Waals surface area (Å²) >= 11 is 0. The Balaban J connectivity index is 0.00000151. The number of carbonyl (C=O) groups excluding carboxylic acids is 2.